The standard InChI is InChI=1S/C29H28N2O4/c1-18(32)31-26-7-5-4-6-24(26)30-25-16-21(19-8-12-22(34-2)13-9-19)17-27(33)28(25)29(31)20-10-14-23(35-3)15-11-20/h4-15,21,29-30H,16-17H2,1-3H3/t21-,29-/m0/s1. The van der Waals surface area contributed by atoms with Crippen LogP contribution in [0.4, 0.5) is 11.4 Å². The van der Waals surface area contributed by atoms with Crippen molar-refractivity contribution in [3.05, 3.63) is 95.2 Å². The van der Waals surface area contributed by atoms with Crippen molar-refractivity contribution in [2.24, 2.45) is 0 Å². The van der Waals surface area contributed by atoms with E-state index in [0.717, 1.165) is 39.7 Å². The fourth-order valence-electron chi connectivity index (χ4n) is 5.15. The Morgan fingerprint density at radius 2 is 1.46 bits per heavy atom. The first kappa shape index (κ1) is 22.7. The van der Waals surface area contributed by atoms with E-state index in [1.165, 1.54) is 0 Å². The lowest BCUT2D eigenvalue weighted by molar-refractivity contribution is -0.117. The number of nitrogens with one attached hydrogen (secondary N) is 1. The van der Waals surface area contributed by atoms with E-state index in [9.17, 15) is 9.59 Å². The van der Waals surface area contributed by atoms with E-state index in [1.54, 1.807) is 26.0 Å². The third-order valence-electron chi connectivity index (χ3n) is 6.85. The van der Waals surface area contributed by atoms with Crippen LogP contribution in [0.25, 0.3) is 0 Å². The topological polar surface area (TPSA) is 67.9 Å². The van der Waals surface area contributed by atoms with Crippen LogP contribution in [0.1, 0.15) is 42.9 Å². The summed E-state index contributed by atoms with van der Waals surface area (Å²) in [7, 11) is 3.26. The van der Waals surface area contributed by atoms with Gasteiger partial charge in [-0.05, 0) is 59.9 Å². The van der Waals surface area contributed by atoms with Gasteiger partial charge in [0, 0.05) is 24.6 Å². The molecule has 0 unspecified atom stereocenters. The molecule has 2 aliphatic rings. The average Bonchev–Trinajstić information content (AvgIpc) is 3.03. The second-order valence-electron chi connectivity index (χ2n) is 8.90. The lowest BCUT2D eigenvalue weighted by Gasteiger charge is -2.34. The average molecular weight is 469 g/mol. The molecule has 0 aromatic heterocycles. The van der Waals surface area contributed by atoms with Crippen LogP contribution >= 0.6 is 0 Å². The van der Waals surface area contributed by atoms with Gasteiger partial charge in [-0.2, -0.15) is 0 Å². The molecule has 0 saturated carbocycles. The molecule has 0 saturated heterocycles. The van der Waals surface area contributed by atoms with Crippen LogP contribution in [0.5, 0.6) is 11.5 Å². The molecule has 6 heteroatoms. The highest BCUT2D eigenvalue weighted by atomic mass is 16.5. The summed E-state index contributed by atoms with van der Waals surface area (Å²) in [6.45, 7) is 1.55. The van der Waals surface area contributed by atoms with Gasteiger partial charge in [-0.3, -0.25) is 14.5 Å². The number of hydrogen-bond donors (Lipinski definition) is 1. The summed E-state index contributed by atoms with van der Waals surface area (Å²) in [6.07, 6.45) is 1.04. The summed E-state index contributed by atoms with van der Waals surface area (Å²) in [6, 6.07) is 22.7. The molecule has 0 spiro atoms. The van der Waals surface area contributed by atoms with E-state index < -0.39 is 6.04 Å². The first-order valence-corrected chi connectivity index (χ1v) is 11.7. The van der Waals surface area contributed by atoms with E-state index in [1.807, 2.05) is 72.8 Å². The van der Waals surface area contributed by atoms with Gasteiger partial charge in [0.1, 0.15) is 11.5 Å². The molecule has 1 amide bonds. The number of Topliss-reactive ketones (excluding diaryl/α,β-unsaturated/α-hetero) is 1. The van der Waals surface area contributed by atoms with Crippen molar-refractivity contribution in [3.63, 3.8) is 0 Å². The van der Waals surface area contributed by atoms with E-state index in [2.05, 4.69) is 5.32 Å². The van der Waals surface area contributed by atoms with Gasteiger partial charge >= 0.3 is 0 Å². The number of para-hydroxylation sites is 2. The Morgan fingerprint density at radius 1 is 0.857 bits per heavy atom. The Labute approximate surface area is 205 Å². The third kappa shape index (κ3) is 4.16. The third-order valence-corrected chi connectivity index (χ3v) is 6.85. The summed E-state index contributed by atoms with van der Waals surface area (Å²) in [5, 5.41) is 3.54. The minimum atomic E-state index is -0.533. The van der Waals surface area contributed by atoms with Crippen LogP contribution in [0.15, 0.2) is 84.1 Å². The highest BCUT2D eigenvalue weighted by molar-refractivity contribution is 6.06. The van der Waals surface area contributed by atoms with Gasteiger partial charge in [-0.1, -0.05) is 36.4 Å². The maximum Gasteiger partial charge on any atom is 0.224 e. The summed E-state index contributed by atoms with van der Waals surface area (Å²) in [4.78, 5) is 28.6. The summed E-state index contributed by atoms with van der Waals surface area (Å²) < 4.78 is 10.6. The normalized spacial score (nSPS) is 19.3. The van der Waals surface area contributed by atoms with Crippen molar-refractivity contribution in [1.82, 2.24) is 0 Å². The number of hydrogen-bond acceptors (Lipinski definition) is 5. The molecule has 3 aromatic carbocycles. The van der Waals surface area contributed by atoms with Gasteiger partial charge in [-0.25, -0.2) is 0 Å². The SMILES string of the molecule is COc1ccc([C@@H]2CC(=O)C3=C(C2)Nc2ccccc2N(C(C)=O)[C@H]3c2ccc(OC)cc2)cc1. The number of benzene rings is 3. The molecule has 35 heavy (non-hydrogen) atoms. The van der Waals surface area contributed by atoms with Crippen molar-refractivity contribution < 1.29 is 19.1 Å². The Hall–Kier alpha value is -4.06. The van der Waals surface area contributed by atoms with Gasteiger partial charge in [0.15, 0.2) is 5.78 Å². The first-order valence-electron chi connectivity index (χ1n) is 11.7. The zero-order valence-electron chi connectivity index (χ0n) is 20.1. The number of allylic oxidation sites excluding steroid dienone is 1. The number of amides is 1. The minimum Gasteiger partial charge on any atom is -0.497 e. The zero-order valence-corrected chi connectivity index (χ0v) is 20.1. The number of ether oxygens (including phenoxy) is 2. The highest BCUT2D eigenvalue weighted by Gasteiger charge is 2.40. The van der Waals surface area contributed by atoms with Gasteiger partial charge in [0.05, 0.1) is 31.6 Å². The number of fused-ring (bicyclic) bond motifs is 1. The quantitative estimate of drug-likeness (QED) is 0.538. The smallest absolute Gasteiger partial charge is 0.224 e. The highest BCUT2D eigenvalue weighted by Crippen LogP contribution is 2.47. The van der Waals surface area contributed by atoms with Crippen LogP contribution in [-0.2, 0) is 9.59 Å². The van der Waals surface area contributed by atoms with Gasteiger partial charge in [0.25, 0.3) is 0 Å². The minimum absolute atomic E-state index is 0.0345. The molecule has 6 nitrogen and oxygen atoms in total. The lowest BCUT2D eigenvalue weighted by atomic mass is 9.78. The van der Waals surface area contributed by atoms with Gasteiger partial charge in [-0.15, -0.1) is 0 Å². The molecule has 5 rings (SSSR count). The maximum absolute atomic E-state index is 13.8. The molecule has 0 radical (unpaired) electrons. The summed E-state index contributed by atoms with van der Waals surface area (Å²) in [5.74, 6) is 1.46. The number of carbonyl (C=O) groups is 2. The Bertz CT molecular complexity index is 1300. The first-order chi connectivity index (χ1) is 17.0. The molecular formula is C29H28N2O4. The second-order valence-corrected chi connectivity index (χ2v) is 8.90. The van der Waals surface area contributed by atoms with Crippen molar-refractivity contribution in [2.75, 3.05) is 24.4 Å². The number of carbonyl (C=O) groups excluding carboxylic acids is 2. The number of anilines is 2. The fourth-order valence-corrected chi connectivity index (χ4v) is 5.15. The van der Waals surface area contributed by atoms with Crippen LogP contribution in [-0.4, -0.2) is 25.9 Å². The molecule has 2 atom stereocenters. The maximum atomic E-state index is 13.8. The van der Waals surface area contributed by atoms with Gasteiger partial charge in [0.2, 0.25) is 5.91 Å². The second kappa shape index (κ2) is 9.29. The van der Waals surface area contributed by atoms with E-state index in [4.69, 9.17) is 9.47 Å². The van der Waals surface area contributed by atoms with E-state index >= 15 is 0 Å². The number of methoxy groups -OCH3 is 2. The molecule has 1 aliphatic carbocycles. The van der Waals surface area contributed by atoms with Crippen LogP contribution in [0.2, 0.25) is 0 Å². The number of nitrogens with zero attached hydrogens (tertiary/aromatic N) is 1. The Balaban J connectivity index is 1.65. The fraction of sp³-hybridized carbons (Fsp3) is 0.241. The molecule has 1 heterocycles. The Morgan fingerprint density at radius 3 is 2.06 bits per heavy atom. The van der Waals surface area contributed by atoms with Crippen molar-refractivity contribution in [2.45, 2.75) is 31.7 Å². The van der Waals surface area contributed by atoms with E-state index in [-0.39, 0.29) is 17.6 Å². The zero-order chi connectivity index (χ0) is 24.5. The van der Waals surface area contributed by atoms with Crippen LogP contribution < -0.4 is 19.7 Å². The molecule has 0 fully saturated rings. The van der Waals surface area contributed by atoms with Gasteiger partial charge < -0.3 is 14.8 Å². The van der Waals surface area contributed by atoms with Crippen molar-refractivity contribution in [1.29, 1.82) is 0 Å². The molecule has 178 valence electrons. The predicted octanol–water partition coefficient (Wildman–Crippen LogP) is 5.62. The predicted molar refractivity (Wildman–Crippen MR) is 136 cm³/mol. The molecule has 1 N–H and O–H groups in total. The van der Waals surface area contributed by atoms with Crippen LogP contribution in [0.3, 0.4) is 0 Å². The molecule has 0 bridgehead atoms. The molecular weight excluding hydrogens is 440 g/mol. The number of ketones is 1. The number of rotatable bonds is 4. The largest absolute Gasteiger partial charge is 0.497 e. The van der Waals surface area contributed by atoms with Crippen LogP contribution in [0, 0.1) is 0 Å². The lowest BCUT2D eigenvalue weighted by Crippen LogP contribution is -2.37. The molecule has 1 aliphatic heterocycles. The van der Waals surface area contributed by atoms with E-state index in [0.29, 0.717) is 18.4 Å². The van der Waals surface area contributed by atoms with Crippen molar-refractivity contribution in [3.8, 4) is 11.5 Å². The van der Waals surface area contributed by atoms with Crippen molar-refractivity contribution >= 4 is 23.1 Å². The molecule has 3 aromatic rings. The Kier molecular flexibility index (Phi) is 6.03. The summed E-state index contributed by atoms with van der Waals surface area (Å²) >= 11 is 0. The summed E-state index contributed by atoms with van der Waals surface area (Å²) in [5.41, 5.74) is 5.03. The monoisotopic (exact) mass is 468 g/mol.